The van der Waals surface area contributed by atoms with Crippen LogP contribution in [0, 0.1) is 6.92 Å². The summed E-state index contributed by atoms with van der Waals surface area (Å²) in [5, 5.41) is 2.67. The van der Waals surface area contributed by atoms with Crippen molar-refractivity contribution in [1.82, 2.24) is 15.1 Å². The monoisotopic (exact) mass is 317 g/mol. The molecule has 0 aliphatic carbocycles. The first-order chi connectivity index (χ1) is 11.0. The van der Waals surface area contributed by atoms with Gasteiger partial charge in [0.1, 0.15) is 0 Å². The molecule has 1 aromatic carbocycles. The van der Waals surface area contributed by atoms with Crippen LogP contribution >= 0.6 is 0 Å². The molecule has 0 bridgehead atoms. The standard InChI is InChI=1S/C17H23N3O3/c1-13-3-5-15(6-4-13)11-16(22)18-12-17(23)20-9-7-19(8-10-20)14(2)21/h3-6H,7-12H2,1-2H3,(H,18,22). The number of aryl methyl sites for hydroxylation is 1. The molecule has 1 saturated heterocycles. The molecule has 6 heteroatoms. The second-order valence-corrected chi connectivity index (χ2v) is 5.83. The van der Waals surface area contributed by atoms with Gasteiger partial charge in [0.2, 0.25) is 17.7 Å². The van der Waals surface area contributed by atoms with E-state index in [0.29, 0.717) is 26.2 Å². The lowest BCUT2D eigenvalue weighted by molar-refractivity contribution is -0.138. The molecule has 0 spiro atoms. The van der Waals surface area contributed by atoms with E-state index in [1.54, 1.807) is 9.80 Å². The van der Waals surface area contributed by atoms with Gasteiger partial charge in [-0.15, -0.1) is 0 Å². The van der Waals surface area contributed by atoms with E-state index in [4.69, 9.17) is 0 Å². The molecule has 1 aliphatic heterocycles. The maximum atomic E-state index is 12.1. The van der Waals surface area contributed by atoms with Crippen LogP contribution in [0.5, 0.6) is 0 Å². The Balaban J connectivity index is 1.73. The van der Waals surface area contributed by atoms with Crippen LogP contribution in [-0.2, 0) is 20.8 Å². The Labute approximate surface area is 136 Å². The van der Waals surface area contributed by atoms with Gasteiger partial charge >= 0.3 is 0 Å². The number of nitrogens with zero attached hydrogens (tertiary/aromatic N) is 2. The van der Waals surface area contributed by atoms with Gasteiger partial charge in [-0.3, -0.25) is 14.4 Å². The van der Waals surface area contributed by atoms with Crippen LogP contribution in [0.1, 0.15) is 18.1 Å². The lowest BCUT2D eigenvalue weighted by Crippen LogP contribution is -2.52. The van der Waals surface area contributed by atoms with Crippen LogP contribution in [0.3, 0.4) is 0 Å². The molecule has 6 nitrogen and oxygen atoms in total. The van der Waals surface area contributed by atoms with Gasteiger partial charge in [-0.25, -0.2) is 0 Å². The zero-order valence-electron chi connectivity index (χ0n) is 13.7. The molecule has 1 heterocycles. The zero-order valence-corrected chi connectivity index (χ0v) is 13.7. The number of nitrogens with one attached hydrogen (secondary N) is 1. The van der Waals surface area contributed by atoms with Crippen molar-refractivity contribution in [1.29, 1.82) is 0 Å². The van der Waals surface area contributed by atoms with Crippen molar-refractivity contribution < 1.29 is 14.4 Å². The lowest BCUT2D eigenvalue weighted by Gasteiger charge is -2.34. The second kappa shape index (κ2) is 7.76. The minimum absolute atomic E-state index is 0.00473. The Morgan fingerprint density at radius 3 is 2.13 bits per heavy atom. The Morgan fingerprint density at radius 2 is 1.57 bits per heavy atom. The number of hydrogen-bond acceptors (Lipinski definition) is 3. The van der Waals surface area contributed by atoms with Gasteiger partial charge in [0.25, 0.3) is 0 Å². The fourth-order valence-corrected chi connectivity index (χ4v) is 2.51. The predicted molar refractivity (Wildman–Crippen MR) is 86.7 cm³/mol. The number of hydrogen-bond donors (Lipinski definition) is 1. The summed E-state index contributed by atoms with van der Waals surface area (Å²) in [6.45, 7) is 5.68. The highest BCUT2D eigenvalue weighted by Gasteiger charge is 2.22. The topological polar surface area (TPSA) is 69.7 Å². The van der Waals surface area contributed by atoms with Gasteiger partial charge in [0, 0.05) is 33.1 Å². The molecular weight excluding hydrogens is 294 g/mol. The van der Waals surface area contributed by atoms with Crippen molar-refractivity contribution in [3.63, 3.8) is 0 Å². The van der Waals surface area contributed by atoms with Crippen molar-refractivity contribution in [2.45, 2.75) is 20.3 Å². The van der Waals surface area contributed by atoms with Crippen LogP contribution in [0.15, 0.2) is 24.3 Å². The number of piperazine rings is 1. The molecule has 0 saturated carbocycles. The number of benzene rings is 1. The van der Waals surface area contributed by atoms with E-state index in [1.807, 2.05) is 31.2 Å². The fourth-order valence-electron chi connectivity index (χ4n) is 2.51. The number of carbonyl (C=O) groups excluding carboxylic acids is 3. The number of amides is 3. The SMILES string of the molecule is CC(=O)N1CCN(C(=O)CNC(=O)Cc2ccc(C)cc2)CC1. The summed E-state index contributed by atoms with van der Waals surface area (Å²) in [4.78, 5) is 38.6. The second-order valence-electron chi connectivity index (χ2n) is 5.83. The first-order valence-corrected chi connectivity index (χ1v) is 7.81. The van der Waals surface area contributed by atoms with Gasteiger partial charge in [-0.2, -0.15) is 0 Å². The van der Waals surface area contributed by atoms with Crippen LogP contribution in [0.25, 0.3) is 0 Å². The quantitative estimate of drug-likeness (QED) is 0.871. The third-order valence-electron chi connectivity index (χ3n) is 4.00. The average Bonchev–Trinajstić information content (AvgIpc) is 2.55. The molecule has 124 valence electrons. The van der Waals surface area contributed by atoms with Gasteiger partial charge < -0.3 is 15.1 Å². The number of carbonyl (C=O) groups is 3. The van der Waals surface area contributed by atoms with Crippen molar-refractivity contribution in [3.05, 3.63) is 35.4 Å². The molecule has 0 unspecified atom stereocenters. The third kappa shape index (κ3) is 5.09. The summed E-state index contributed by atoms with van der Waals surface area (Å²) in [5.74, 6) is -0.237. The van der Waals surface area contributed by atoms with Crippen LogP contribution in [0.2, 0.25) is 0 Å². The van der Waals surface area contributed by atoms with Crippen molar-refractivity contribution in [2.75, 3.05) is 32.7 Å². The highest BCUT2D eigenvalue weighted by Crippen LogP contribution is 2.04. The molecule has 3 amide bonds. The molecule has 2 rings (SSSR count). The van der Waals surface area contributed by atoms with E-state index in [9.17, 15) is 14.4 Å². The molecule has 1 N–H and O–H groups in total. The average molecular weight is 317 g/mol. The summed E-state index contributed by atoms with van der Waals surface area (Å²) in [7, 11) is 0. The molecular formula is C17H23N3O3. The molecule has 23 heavy (non-hydrogen) atoms. The Hall–Kier alpha value is -2.37. The minimum Gasteiger partial charge on any atom is -0.347 e. The van der Waals surface area contributed by atoms with E-state index in [-0.39, 0.29) is 30.7 Å². The van der Waals surface area contributed by atoms with E-state index < -0.39 is 0 Å². The van der Waals surface area contributed by atoms with E-state index >= 15 is 0 Å². The van der Waals surface area contributed by atoms with E-state index in [2.05, 4.69) is 5.32 Å². The predicted octanol–water partition coefficient (Wildman–Crippen LogP) is 0.344. The Bertz CT molecular complexity index is 575. The summed E-state index contributed by atoms with van der Waals surface area (Å²) in [6.07, 6.45) is 0.270. The molecule has 1 aromatic rings. The maximum absolute atomic E-state index is 12.1. The molecule has 0 radical (unpaired) electrons. The van der Waals surface area contributed by atoms with E-state index in [1.165, 1.54) is 6.92 Å². The van der Waals surface area contributed by atoms with Gasteiger partial charge in [-0.05, 0) is 12.5 Å². The number of rotatable bonds is 4. The lowest BCUT2D eigenvalue weighted by atomic mass is 10.1. The van der Waals surface area contributed by atoms with E-state index in [0.717, 1.165) is 11.1 Å². The van der Waals surface area contributed by atoms with Crippen LogP contribution in [0.4, 0.5) is 0 Å². The van der Waals surface area contributed by atoms with Gasteiger partial charge in [0.05, 0.1) is 13.0 Å². The Morgan fingerprint density at radius 1 is 1.00 bits per heavy atom. The fraction of sp³-hybridized carbons (Fsp3) is 0.471. The highest BCUT2D eigenvalue weighted by atomic mass is 16.2. The summed E-state index contributed by atoms with van der Waals surface area (Å²) >= 11 is 0. The van der Waals surface area contributed by atoms with Crippen molar-refractivity contribution in [2.24, 2.45) is 0 Å². The first kappa shape index (κ1) is 17.0. The molecule has 0 aromatic heterocycles. The summed E-state index contributed by atoms with van der Waals surface area (Å²) in [6, 6.07) is 7.75. The van der Waals surface area contributed by atoms with Gasteiger partial charge in [0.15, 0.2) is 0 Å². The van der Waals surface area contributed by atoms with Gasteiger partial charge in [-0.1, -0.05) is 29.8 Å². The Kier molecular flexibility index (Phi) is 5.73. The van der Waals surface area contributed by atoms with Crippen molar-refractivity contribution in [3.8, 4) is 0 Å². The largest absolute Gasteiger partial charge is 0.347 e. The normalized spacial score (nSPS) is 14.5. The van der Waals surface area contributed by atoms with Crippen LogP contribution in [-0.4, -0.2) is 60.2 Å². The smallest absolute Gasteiger partial charge is 0.242 e. The van der Waals surface area contributed by atoms with Crippen LogP contribution < -0.4 is 5.32 Å². The maximum Gasteiger partial charge on any atom is 0.242 e. The molecule has 1 aliphatic rings. The molecule has 1 fully saturated rings. The van der Waals surface area contributed by atoms with Crippen molar-refractivity contribution >= 4 is 17.7 Å². The highest BCUT2D eigenvalue weighted by molar-refractivity contribution is 5.86. The minimum atomic E-state index is -0.162. The summed E-state index contributed by atoms with van der Waals surface area (Å²) < 4.78 is 0. The summed E-state index contributed by atoms with van der Waals surface area (Å²) in [5.41, 5.74) is 2.07. The third-order valence-corrected chi connectivity index (χ3v) is 4.00. The first-order valence-electron chi connectivity index (χ1n) is 7.81. The zero-order chi connectivity index (χ0) is 16.8. The molecule has 0 atom stereocenters.